The summed E-state index contributed by atoms with van der Waals surface area (Å²) in [7, 11) is 0. The van der Waals surface area contributed by atoms with Crippen LogP contribution in [-0.2, 0) is 4.74 Å². The molecule has 0 unspecified atom stereocenters. The van der Waals surface area contributed by atoms with Crippen LogP contribution >= 0.6 is 0 Å². The summed E-state index contributed by atoms with van der Waals surface area (Å²) in [4.78, 5) is 4.31. The number of hydrogen-bond acceptors (Lipinski definition) is 4. The molecule has 4 heteroatoms. The average Bonchev–Trinajstić information content (AvgIpc) is 3.10. The molecule has 114 valence electrons. The van der Waals surface area contributed by atoms with Crippen LogP contribution in [0.4, 0.5) is 0 Å². The molecule has 0 aliphatic carbocycles. The molecule has 0 aromatic heterocycles. The fourth-order valence-corrected chi connectivity index (χ4v) is 2.50. The van der Waals surface area contributed by atoms with Crippen LogP contribution in [0.1, 0.15) is 17.2 Å². The van der Waals surface area contributed by atoms with E-state index in [1.54, 1.807) is 0 Å². The van der Waals surface area contributed by atoms with Gasteiger partial charge < -0.3 is 15.4 Å². The average molecular weight is 295 g/mol. The summed E-state index contributed by atoms with van der Waals surface area (Å²) in [6.07, 6.45) is -0.0392. The molecule has 1 aliphatic rings. The predicted octanol–water partition coefficient (Wildman–Crippen LogP) is 2.34. The van der Waals surface area contributed by atoms with E-state index in [0.717, 1.165) is 25.6 Å². The molecule has 0 fully saturated rings. The third-order valence-corrected chi connectivity index (χ3v) is 3.56. The number of aliphatic imine (C=N–C) groups is 1. The van der Waals surface area contributed by atoms with E-state index in [4.69, 9.17) is 4.74 Å². The van der Waals surface area contributed by atoms with Crippen molar-refractivity contribution in [1.82, 2.24) is 10.6 Å². The van der Waals surface area contributed by atoms with Gasteiger partial charge in [0, 0.05) is 13.1 Å². The molecular formula is C18H21N3O. The molecule has 22 heavy (non-hydrogen) atoms. The van der Waals surface area contributed by atoms with Crippen LogP contribution in [0.25, 0.3) is 0 Å². The van der Waals surface area contributed by atoms with Crippen molar-refractivity contribution < 1.29 is 4.74 Å². The Balaban J connectivity index is 1.62. The fourth-order valence-electron chi connectivity index (χ4n) is 2.50. The van der Waals surface area contributed by atoms with Gasteiger partial charge in [-0.2, -0.15) is 0 Å². The number of nitrogens with one attached hydrogen (secondary N) is 2. The molecule has 3 rings (SSSR count). The maximum absolute atomic E-state index is 6.13. The molecule has 1 heterocycles. The van der Waals surface area contributed by atoms with Gasteiger partial charge in [0.15, 0.2) is 5.96 Å². The smallest absolute Gasteiger partial charge is 0.191 e. The van der Waals surface area contributed by atoms with Gasteiger partial charge in [0.1, 0.15) is 6.10 Å². The van der Waals surface area contributed by atoms with Gasteiger partial charge in [0.25, 0.3) is 0 Å². The van der Waals surface area contributed by atoms with E-state index in [1.165, 1.54) is 11.1 Å². The molecule has 0 atom stereocenters. The number of nitrogens with zero attached hydrogens (tertiary/aromatic N) is 1. The summed E-state index contributed by atoms with van der Waals surface area (Å²) >= 11 is 0. The number of ether oxygens (including phenoxy) is 1. The summed E-state index contributed by atoms with van der Waals surface area (Å²) in [6, 6.07) is 20.7. The van der Waals surface area contributed by atoms with Gasteiger partial charge in [-0.1, -0.05) is 60.7 Å². The highest BCUT2D eigenvalue weighted by Gasteiger charge is 2.14. The minimum absolute atomic E-state index is 0.0392. The standard InChI is InChI=1S/C18H21N3O/c1-3-7-15(8-4-1)17(16-9-5-2-6-10-16)22-14-13-21-18-19-11-12-20-18/h1-10,17H,11-14H2,(H2,19,20,21). The first-order valence-electron chi connectivity index (χ1n) is 7.67. The van der Waals surface area contributed by atoms with Crippen LogP contribution in [0.3, 0.4) is 0 Å². The van der Waals surface area contributed by atoms with Crippen molar-refractivity contribution in [1.29, 1.82) is 0 Å². The Morgan fingerprint density at radius 3 is 2.18 bits per heavy atom. The van der Waals surface area contributed by atoms with E-state index < -0.39 is 0 Å². The van der Waals surface area contributed by atoms with Gasteiger partial charge >= 0.3 is 0 Å². The lowest BCUT2D eigenvalue weighted by Crippen LogP contribution is -2.36. The van der Waals surface area contributed by atoms with E-state index in [-0.39, 0.29) is 6.10 Å². The van der Waals surface area contributed by atoms with Crippen LogP contribution in [0.2, 0.25) is 0 Å². The summed E-state index contributed by atoms with van der Waals surface area (Å²) in [6.45, 7) is 3.12. The SMILES string of the molecule is c1ccc(C(OCCNC2=NCCN2)c2ccccc2)cc1. The Morgan fingerprint density at radius 2 is 1.64 bits per heavy atom. The highest BCUT2D eigenvalue weighted by molar-refractivity contribution is 5.81. The Labute approximate surface area is 131 Å². The quantitative estimate of drug-likeness (QED) is 0.804. The number of rotatable bonds is 6. The van der Waals surface area contributed by atoms with Crippen LogP contribution in [0.5, 0.6) is 0 Å². The molecule has 0 amide bonds. The molecule has 0 bridgehead atoms. The normalized spacial score (nSPS) is 13.8. The van der Waals surface area contributed by atoms with Crippen molar-refractivity contribution in [2.75, 3.05) is 26.2 Å². The van der Waals surface area contributed by atoms with Crippen molar-refractivity contribution in [3.05, 3.63) is 71.8 Å². The minimum atomic E-state index is -0.0392. The lowest BCUT2D eigenvalue weighted by atomic mass is 10.0. The molecule has 1 aliphatic heterocycles. The van der Waals surface area contributed by atoms with Gasteiger partial charge in [-0.3, -0.25) is 4.99 Å². The number of hydrogen-bond donors (Lipinski definition) is 2. The van der Waals surface area contributed by atoms with Gasteiger partial charge in [0.2, 0.25) is 0 Å². The molecule has 0 spiro atoms. The van der Waals surface area contributed by atoms with E-state index >= 15 is 0 Å². The third kappa shape index (κ3) is 3.86. The highest BCUT2D eigenvalue weighted by Crippen LogP contribution is 2.25. The van der Waals surface area contributed by atoms with E-state index in [0.29, 0.717) is 6.61 Å². The van der Waals surface area contributed by atoms with Crippen molar-refractivity contribution in [2.24, 2.45) is 4.99 Å². The summed E-state index contributed by atoms with van der Waals surface area (Å²) in [5, 5.41) is 6.45. The van der Waals surface area contributed by atoms with Crippen LogP contribution < -0.4 is 10.6 Å². The van der Waals surface area contributed by atoms with Crippen LogP contribution in [-0.4, -0.2) is 32.2 Å². The zero-order chi connectivity index (χ0) is 15.0. The lowest BCUT2D eigenvalue weighted by Gasteiger charge is -2.19. The summed E-state index contributed by atoms with van der Waals surface area (Å²) in [5.74, 6) is 0.875. The van der Waals surface area contributed by atoms with Crippen LogP contribution in [0, 0.1) is 0 Å². The van der Waals surface area contributed by atoms with Crippen molar-refractivity contribution in [3.8, 4) is 0 Å². The molecule has 2 aromatic rings. The molecule has 2 aromatic carbocycles. The molecule has 4 nitrogen and oxygen atoms in total. The molecule has 2 N–H and O–H groups in total. The third-order valence-electron chi connectivity index (χ3n) is 3.56. The molecular weight excluding hydrogens is 274 g/mol. The number of guanidine groups is 1. The van der Waals surface area contributed by atoms with E-state index in [2.05, 4.69) is 39.9 Å². The first kappa shape index (κ1) is 14.6. The first-order chi connectivity index (χ1) is 10.9. The monoisotopic (exact) mass is 295 g/mol. The van der Waals surface area contributed by atoms with Crippen molar-refractivity contribution in [2.45, 2.75) is 6.10 Å². The maximum atomic E-state index is 6.13. The molecule has 0 radical (unpaired) electrons. The Kier molecular flexibility index (Phi) is 5.05. The molecule has 0 saturated carbocycles. The van der Waals surface area contributed by atoms with Gasteiger partial charge in [-0.05, 0) is 11.1 Å². The second kappa shape index (κ2) is 7.61. The second-order valence-corrected chi connectivity index (χ2v) is 5.16. The van der Waals surface area contributed by atoms with Gasteiger partial charge in [0.05, 0.1) is 13.2 Å². The van der Waals surface area contributed by atoms with E-state index in [1.807, 2.05) is 36.4 Å². The fraction of sp³-hybridized carbons (Fsp3) is 0.278. The van der Waals surface area contributed by atoms with Crippen LogP contribution in [0.15, 0.2) is 65.7 Å². The largest absolute Gasteiger partial charge is 0.367 e. The zero-order valence-corrected chi connectivity index (χ0v) is 12.5. The Bertz CT molecular complexity index is 559. The Morgan fingerprint density at radius 1 is 1.00 bits per heavy atom. The van der Waals surface area contributed by atoms with Crippen molar-refractivity contribution in [3.63, 3.8) is 0 Å². The first-order valence-corrected chi connectivity index (χ1v) is 7.67. The Hall–Kier alpha value is -2.33. The predicted molar refractivity (Wildman–Crippen MR) is 89.0 cm³/mol. The van der Waals surface area contributed by atoms with Gasteiger partial charge in [-0.25, -0.2) is 0 Å². The highest BCUT2D eigenvalue weighted by atomic mass is 16.5. The van der Waals surface area contributed by atoms with Crippen molar-refractivity contribution >= 4 is 5.96 Å². The lowest BCUT2D eigenvalue weighted by molar-refractivity contribution is 0.0842. The van der Waals surface area contributed by atoms with Gasteiger partial charge in [-0.15, -0.1) is 0 Å². The minimum Gasteiger partial charge on any atom is -0.367 e. The zero-order valence-electron chi connectivity index (χ0n) is 12.5. The topological polar surface area (TPSA) is 45.6 Å². The number of benzene rings is 2. The van der Waals surface area contributed by atoms with E-state index in [9.17, 15) is 0 Å². The second-order valence-electron chi connectivity index (χ2n) is 5.16. The molecule has 0 saturated heterocycles. The summed E-state index contributed by atoms with van der Waals surface area (Å²) < 4.78 is 6.13. The summed E-state index contributed by atoms with van der Waals surface area (Å²) in [5.41, 5.74) is 2.34. The maximum Gasteiger partial charge on any atom is 0.191 e.